The highest BCUT2D eigenvalue weighted by atomic mass is 15.2. The molecule has 0 bridgehead atoms. The summed E-state index contributed by atoms with van der Waals surface area (Å²) in [4.78, 5) is 0. The van der Waals surface area contributed by atoms with E-state index in [1.807, 2.05) is 111 Å². The van der Waals surface area contributed by atoms with Gasteiger partial charge in [-0.05, 0) is 215 Å². The molecule has 0 aromatic carbocycles. The van der Waals surface area contributed by atoms with Gasteiger partial charge in [0.05, 0.1) is 6.17 Å². The lowest BCUT2D eigenvalue weighted by Crippen LogP contribution is -2.66. The molecule has 9 N–H and O–H groups in total. The van der Waals surface area contributed by atoms with Crippen molar-refractivity contribution in [3.63, 3.8) is 0 Å². The maximum Gasteiger partial charge on any atom is 0.0613 e. The van der Waals surface area contributed by atoms with Gasteiger partial charge < -0.3 is 47.9 Å². The van der Waals surface area contributed by atoms with Crippen LogP contribution in [0.15, 0.2) is 0 Å². The second-order valence-corrected chi connectivity index (χ2v) is 26.3. The van der Waals surface area contributed by atoms with E-state index in [1.165, 1.54) is 276 Å². The largest absolute Gasteiger partial charge is 0.316 e. The van der Waals surface area contributed by atoms with Gasteiger partial charge in [0.25, 0.3) is 0 Å². The lowest BCUT2D eigenvalue weighted by molar-refractivity contribution is 0.146. The first-order valence-corrected chi connectivity index (χ1v) is 40.3. The molecule has 9 heteroatoms. The molecule has 86 heavy (non-hydrogen) atoms. The lowest BCUT2D eigenvalue weighted by atomic mass is 9.76. The van der Waals surface area contributed by atoms with Gasteiger partial charge in [-0.25, -0.2) is 0 Å². The summed E-state index contributed by atoms with van der Waals surface area (Å²) < 4.78 is 0. The molecule has 9 nitrogen and oxygen atoms in total. The van der Waals surface area contributed by atoms with Crippen molar-refractivity contribution in [2.24, 2.45) is 53.3 Å². The highest BCUT2D eigenvalue weighted by Gasteiger charge is 2.35. The van der Waals surface area contributed by atoms with Gasteiger partial charge in [-0.1, -0.05) is 226 Å². The fourth-order valence-corrected chi connectivity index (χ4v) is 16.7. The molecule has 16 aliphatic rings. The molecule has 7 saturated carbocycles. The van der Waals surface area contributed by atoms with Gasteiger partial charge in [-0.2, -0.15) is 0 Å². The van der Waals surface area contributed by atoms with Crippen molar-refractivity contribution in [1.82, 2.24) is 47.9 Å². The SMILES string of the molecule is C1CCC2CCCC2C1.C1CCC2CNCCC2C1.C1CCC2NCC2C1.C1CCC2NCC2C1.C1CCC2NCCC2C1.C1CCC2NCCCC2C1.C1CNC2CNC2C1.C1CNC2NCC2C1.CC.CC.CC.CC.CC.CC.CC.CC. The molecule has 16 fully saturated rings. The van der Waals surface area contributed by atoms with Crippen molar-refractivity contribution in [2.75, 3.05) is 65.4 Å². The Balaban J connectivity index is 0.000000476. The van der Waals surface area contributed by atoms with Gasteiger partial charge in [-0.3, -0.25) is 0 Å². The van der Waals surface area contributed by atoms with Crippen LogP contribution in [0, 0.1) is 53.3 Å². The predicted molar refractivity (Wildman–Crippen MR) is 387 cm³/mol. The van der Waals surface area contributed by atoms with E-state index in [2.05, 4.69) is 47.9 Å². The number of hydrogen-bond acceptors (Lipinski definition) is 9. The van der Waals surface area contributed by atoms with Gasteiger partial charge in [0.15, 0.2) is 0 Å². The standard InChI is InChI=1S/2C9H17N.C9H16.C8H15N.2C7H13N.2C6H12N2.8C2H6/c1-2-6-9-8(4-1)5-3-7-10-9;1-2-4-9-7-10-6-5-8(9)3-1;1-2-5-9-7-3-6-8(9)4-1;1-2-4-8-7(3-1)5-6-9-8;2*1-2-4-7-6(3-1)5-8-7;1-2-5-6(4-8-5)7-3-1;1-2-5-4-8-6(5)7-3-1;8*1-2/h2*8-10H,1-7H2;8-9H,1-7H2;7-9H,1-6H2;2*6-8H,1-5H2;2*5-8H,1-4H2;8*1-2H3. The van der Waals surface area contributed by atoms with Crippen molar-refractivity contribution < 1.29 is 0 Å². The molecule has 0 aromatic rings. The van der Waals surface area contributed by atoms with Crippen LogP contribution in [-0.2, 0) is 0 Å². The molecule has 0 amide bonds. The summed E-state index contributed by atoms with van der Waals surface area (Å²) in [5.41, 5.74) is 0. The monoisotopic (exact) mass is 1210 g/mol. The van der Waals surface area contributed by atoms with Crippen LogP contribution in [0.1, 0.15) is 336 Å². The van der Waals surface area contributed by atoms with Crippen LogP contribution in [0.3, 0.4) is 0 Å². The van der Waals surface area contributed by atoms with Gasteiger partial charge >= 0.3 is 0 Å². The minimum atomic E-state index is 0.684. The summed E-state index contributed by atoms with van der Waals surface area (Å²) in [7, 11) is 0. The van der Waals surface area contributed by atoms with Crippen LogP contribution in [0.4, 0.5) is 0 Å². The highest BCUT2D eigenvalue weighted by Crippen LogP contribution is 2.42. The summed E-state index contributed by atoms with van der Waals surface area (Å²) in [5.74, 6) is 9.67. The quantitative estimate of drug-likeness (QED) is 0.117. The van der Waals surface area contributed by atoms with Crippen molar-refractivity contribution in [1.29, 1.82) is 0 Å². The lowest BCUT2D eigenvalue weighted by Gasteiger charge is -2.42. The Morgan fingerprint density at radius 1 is 0.163 bits per heavy atom. The van der Waals surface area contributed by atoms with E-state index in [1.54, 1.807) is 25.7 Å². The third-order valence-electron chi connectivity index (χ3n) is 21.8. The van der Waals surface area contributed by atoms with Crippen LogP contribution in [0.5, 0.6) is 0 Å². The molecule has 516 valence electrons. The molecule has 16 unspecified atom stereocenters. The van der Waals surface area contributed by atoms with Crippen molar-refractivity contribution >= 4 is 0 Å². The number of piperidine rings is 4. The fourth-order valence-electron chi connectivity index (χ4n) is 16.7. The Hall–Kier alpha value is -0.360. The average Bonchev–Trinajstić information content (AvgIpc) is 4.47. The van der Waals surface area contributed by atoms with Gasteiger partial charge in [0, 0.05) is 49.3 Å². The molecule has 9 aliphatic heterocycles. The van der Waals surface area contributed by atoms with E-state index in [0.717, 1.165) is 77.7 Å². The van der Waals surface area contributed by atoms with Crippen molar-refractivity contribution in [3.8, 4) is 0 Å². The second kappa shape index (κ2) is 57.3. The smallest absolute Gasteiger partial charge is 0.0613 e. The number of rotatable bonds is 0. The predicted octanol–water partition coefficient (Wildman–Crippen LogP) is 18.4. The summed E-state index contributed by atoms with van der Waals surface area (Å²) >= 11 is 0. The van der Waals surface area contributed by atoms with Crippen LogP contribution in [-0.4, -0.2) is 108 Å². The highest BCUT2D eigenvalue weighted by molar-refractivity contribution is 4.97. The molecule has 7 aliphatic carbocycles. The first kappa shape index (κ1) is 83.7. The summed E-state index contributed by atoms with van der Waals surface area (Å²) in [6, 6.07) is 5.33. The molecule has 0 aromatic heterocycles. The van der Waals surface area contributed by atoms with E-state index in [9.17, 15) is 0 Å². The Morgan fingerprint density at radius 3 is 0.767 bits per heavy atom. The zero-order chi connectivity index (χ0) is 63.4. The van der Waals surface area contributed by atoms with Gasteiger partial charge in [0.2, 0.25) is 0 Å². The Bertz CT molecular complexity index is 1130. The average molecular weight is 1220 g/mol. The first-order valence-electron chi connectivity index (χ1n) is 40.3. The molecule has 9 heterocycles. The zero-order valence-electron chi connectivity index (χ0n) is 61.6. The molecule has 9 saturated heterocycles. The Morgan fingerprint density at radius 2 is 0.465 bits per heavy atom. The Kier molecular flexibility index (Phi) is 55.8. The van der Waals surface area contributed by atoms with Gasteiger partial charge in [-0.15, -0.1) is 0 Å². The number of fused-ring (bicyclic) bond motifs is 8. The minimum Gasteiger partial charge on any atom is -0.316 e. The van der Waals surface area contributed by atoms with Gasteiger partial charge in [0.1, 0.15) is 0 Å². The van der Waals surface area contributed by atoms with Crippen LogP contribution >= 0.6 is 0 Å². The topological polar surface area (TPSA) is 108 Å². The number of hydrogen-bond donors (Lipinski definition) is 9. The number of nitrogens with one attached hydrogen (secondary N) is 9. The fraction of sp³-hybridized carbons (Fsp3) is 1.00. The van der Waals surface area contributed by atoms with E-state index in [4.69, 9.17) is 0 Å². The molecule has 0 radical (unpaired) electrons. The third-order valence-corrected chi connectivity index (χ3v) is 21.8. The van der Waals surface area contributed by atoms with E-state index >= 15 is 0 Å². The molecular formula is C77H163N9. The Labute approximate surface area is 541 Å². The third kappa shape index (κ3) is 32.0. The van der Waals surface area contributed by atoms with E-state index in [0.29, 0.717) is 6.17 Å². The van der Waals surface area contributed by atoms with Crippen LogP contribution < -0.4 is 47.9 Å². The van der Waals surface area contributed by atoms with E-state index in [-0.39, 0.29) is 0 Å². The summed E-state index contributed by atoms with van der Waals surface area (Å²) in [5, 5.41) is 31.1. The molecule has 16 rings (SSSR count). The zero-order valence-corrected chi connectivity index (χ0v) is 61.6. The molecule has 16 atom stereocenters. The minimum absolute atomic E-state index is 0.684. The first-order chi connectivity index (χ1) is 42.7. The summed E-state index contributed by atoms with van der Waals surface area (Å²) in [6.07, 6.45) is 52.5. The normalized spacial score (nSPS) is 35.7. The maximum absolute atomic E-state index is 3.62. The molecular weight excluding hydrogens is 1050 g/mol. The maximum atomic E-state index is 3.62. The van der Waals surface area contributed by atoms with Crippen molar-refractivity contribution in [2.45, 2.75) is 378 Å². The second-order valence-electron chi connectivity index (χ2n) is 26.3. The molecule has 0 spiro atoms. The van der Waals surface area contributed by atoms with Crippen LogP contribution in [0.2, 0.25) is 0 Å². The summed E-state index contributed by atoms with van der Waals surface area (Å²) in [6.45, 7) is 44.7. The van der Waals surface area contributed by atoms with Crippen LogP contribution in [0.25, 0.3) is 0 Å². The van der Waals surface area contributed by atoms with E-state index < -0.39 is 0 Å². The van der Waals surface area contributed by atoms with Crippen molar-refractivity contribution in [3.05, 3.63) is 0 Å².